The topological polar surface area (TPSA) is 84.6 Å². The molecule has 2 N–H and O–H groups in total. The average molecular weight is 345 g/mol. The fourth-order valence-corrected chi connectivity index (χ4v) is 2.46. The van der Waals surface area contributed by atoms with Gasteiger partial charge in [0.25, 0.3) is 0 Å². The SMILES string of the molecule is CCNC(=NCc1c(CC)noc1CC)NCc1cccc(OC)n1. The van der Waals surface area contributed by atoms with Crippen molar-refractivity contribution in [1.29, 1.82) is 0 Å². The van der Waals surface area contributed by atoms with Crippen LogP contribution in [-0.4, -0.2) is 29.8 Å². The molecule has 0 fully saturated rings. The van der Waals surface area contributed by atoms with E-state index < -0.39 is 0 Å². The number of nitrogens with zero attached hydrogens (tertiary/aromatic N) is 3. The van der Waals surface area contributed by atoms with E-state index in [-0.39, 0.29) is 0 Å². The smallest absolute Gasteiger partial charge is 0.213 e. The Bertz CT molecular complexity index is 675. The van der Waals surface area contributed by atoms with Crippen LogP contribution in [0.4, 0.5) is 0 Å². The molecular formula is C18H27N5O2. The summed E-state index contributed by atoms with van der Waals surface area (Å²) >= 11 is 0. The summed E-state index contributed by atoms with van der Waals surface area (Å²) in [4.78, 5) is 9.06. The molecule has 0 unspecified atom stereocenters. The van der Waals surface area contributed by atoms with Crippen LogP contribution in [0, 0.1) is 0 Å². The van der Waals surface area contributed by atoms with E-state index in [0.29, 0.717) is 19.0 Å². The summed E-state index contributed by atoms with van der Waals surface area (Å²) in [6, 6.07) is 5.70. The van der Waals surface area contributed by atoms with Gasteiger partial charge in [-0.15, -0.1) is 0 Å². The molecule has 0 aliphatic heterocycles. The first-order valence-electron chi connectivity index (χ1n) is 8.70. The van der Waals surface area contributed by atoms with E-state index in [0.717, 1.165) is 48.1 Å². The Hall–Kier alpha value is -2.57. The lowest BCUT2D eigenvalue weighted by Crippen LogP contribution is -2.37. The van der Waals surface area contributed by atoms with E-state index in [1.807, 2.05) is 25.1 Å². The van der Waals surface area contributed by atoms with Crippen LogP contribution in [0.2, 0.25) is 0 Å². The molecule has 0 aliphatic carbocycles. The lowest BCUT2D eigenvalue weighted by molar-refractivity contribution is 0.380. The Labute approximate surface area is 148 Å². The van der Waals surface area contributed by atoms with E-state index in [2.05, 4.69) is 39.6 Å². The first-order chi connectivity index (χ1) is 12.2. The highest BCUT2D eigenvalue weighted by Crippen LogP contribution is 2.16. The van der Waals surface area contributed by atoms with Crippen molar-refractivity contribution in [3.05, 3.63) is 40.9 Å². The lowest BCUT2D eigenvalue weighted by atomic mass is 10.1. The third kappa shape index (κ3) is 5.20. The summed E-state index contributed by atoms with van der Waals surface area (Å²) in [5.74, 6) is 2.24. The molecule has 2 rings (SSSR count). The molecular weight excluding hydrogens is 318 g/mol. The standard InChI is InChI=1S/C18H27N5O2/c1-5-15-14(16(6-2)25-23-15)12-21-18(19-7-3)20-11-13-9-8-10-17(22-13)24-4/h8-10H,5-7,11-12H2,1-4H3,(H2,19,20,21). The van der Waals surface area contributed by atoms with Crippen molar-refractivity contribution in [3.8, 4) is 5.88 Å². The minimum atomic E-state index is 0.538. The summed E-state index contributed by atoms with van der Waals surface area (Å²) in [5.41, 5.74) is 2.95. The summed E-state index contributed by atoms with van der Waals surface area (Å²) in [7, 11) is 1.61. The Kier molecular flexibility index (Phi) is 7.25. The number of guanidine groups is 1. The highest BCUT2D eigenvalue weighted by Gasteiger charge is 2.13. The number of nitrogens with one attached hydrogen (secondary N) is 2. The maximum atomic E-state index is 5.40. The third-order valence-electron chi connectivity index (χ3n) is 3.77. The van der Waals surface area contributed by atoms with Crippen LogP contribution in [0.3, 0.4) is 0 Å². The Balaban J connectivity index is 2.06. The summed E-state index contributed by atoms with van der Waals surface area (Å²) < 4.78 is 10.6. The number of hydrogen-bond acceptors (Lipinski definition) is 5. The molecule has 0 spiro atoms. The van der Waals surface area contributed by atoms with Gasteiger partial charge in [-0.3, -0.25) is 0 Å². The number of aryl methyl sites for hydroxylation is 2. The van der Waals surface area contributed by atoms with Crippen LogP contribution in [0.25, 0.3) is 0 Å². The minimum Gasteiger partial charge on any atom is -0.481 e. The molecule has 0 amide bonds. The number of ether oxygens (including phenoxy) is 1. The van der Waals surface area contributed by atoms with Gasteiger partial charge in [-0.05, 0) is 19.4 Å². The molecule has 0 saturated heterocycles. The molecule has 7 heteroatoms. The van der Waals surface area contributed by atoms with E-state index in [4.69, 9.17) is 9.26 Å². The highest BCUT2D eigenvalue weighted by atomic mass is 16.5. The highest BCUT2D eigenvalue weighted by molar-refractivity contribution is 5.79. The normalized spacial score (nSPS) is 11.4. The first-order valence-corrected chi connectivity index (χ1v) is 8.70. The van der Waals surface area contributed by atoms with Crippen molar-refractivity contribution in [2.75, 3.05) is 13.7 Å². The van der Waals surface area contributed by atoms with E-state index in [1.54, 1.807) is 7.11 Å². The zero-order valence-corrected chi connectivity index (χ0v) is 15.4. The molecule has 0 aliphatic rings. The largest absolute Gasteiger partial charge is 0.481 e. The van der Waals surface area contributed by atoms with E-state index in [1.165, 1.54) is 0 Å². The molecule has 0 radical (unpaired) electrons. The molecule has 0 saturated carbocycles. The Morgan fingerprint density at radius 2 is 2.04 bits per heavy atom. The second kappa shape index (κ2) is 9.66. The van der Waals surface area contributed by atoms with Crippen LogP contribution in [-0.2, 0) is 25.9 Å². The molecule has 25 heavy (non-hydrogen) atoms. The van der Waals surface area contributed by atoms with Crippen molar-refractivity contribution in [1.82, 2.24) is 20.8 Å². The zero-order valence-electron chi connectivity index (χ0n) is 15.4. The zero-order chi connectivity index (χ0) is 18.1. The second-order valence-electron chi connectivity index (χ2n) is 5.46. The molecule has 0 bridgehead atoms. The van der Waals surface area contributed by atoms with Gasteiger partial charge in [0.05, 0.1) is 31.6 Å². The number of hydrogen-bond donors (Lipinski definition) is 2. The van der Waals surface area contributed by atoms with Gasteiger partial charge in [-0.1, -0.05) is 25.1 Å². The lowest BCUT2D eigenvalue weighted by Gasteiger charge is -2.11. The van der Waals surface area contributed by atoms with Gasteiger partial charge in [0.15, 0.2) is 5.96 Å². The maximum Gasteiger partial charge on any atom is 0.213 e. The summed E-state index contributed by atoms with van der Waals surface area (Å²) in [6.45, 7) is 8.05. The second-order valence-corrected chi connectivity index (χ2v) is 5.46. The van der Waals surface area contributed by atoms with Gasteiger partial charge < -0.3 is 19.9 Å². The minimum absolute atomic E-state index is 0.538. The number of aromatic nitrogens is 2. The van der Waals surface area contributed by atoms with Crippen molar-refractivity contribution in [3.63, 3.8) is 0 Å². The van der Waals surface area contributed by atoms with Crippen LogP contribution < -0.4 is 15.4 Å². The molecule has 0 aromatic carbocycles. The molecule has 2 aromatic heterocycles. The molecule has 2 aromatic rings. The van der Waals surface area contributed by atoms with Crippen LogP contribution >= 0.6 is 0 Å². The van der Waals surface area contributed by atoms with Crippen molar-refractivity contribution in [2.24, 2.45) is 4.99 Å². The first kappa shape index (κ1) is 18.8. The van der Waals surface area contributed by atoms with Gasteiger partial charge in [0.2, 0.25) is 5.88 Å². The predicted octanol–water partition coefficient (Wildman–Crippen LogP) is 2.46. The van der Waals surface area contributed by atoms with Crippen LogP contribution in [0.5, 0.6) is 5.88 Å². The van der Waals surface area contributed by atoms with Gasteiger partial charge in [-0.2, -0.15) is 0 Å². The molecule has 136 valence electrons. The van der Waals surface area contributed by atoms with Gasteiger partial charge in [0.1, 0.15) is 5.76 Å². The monoisotopic (exact) mass is 345 g/mol. The van der Waals surface area contributed by atoms with Crippen molar-refractivity contribution >= 4 is 5.96 Å². The average Bonchev–Trinajstić information content (AvgIpc) is 3.06. The number of pyridine rings is 1. The predicted molar refractivity (Wildman–Crippen MR) is 97.7 cm³/mol. The van der Waals surface area contributed by atoms with Crippen LogP contribution in [0.1, 0.15) is 43.5 Å². The van der Waals surface area contributed by atoms with Gasteiger partial charge in [0, 0.05) is 24.6 Å². The fraction of sp³-hybridized carbons (Fsp3) is 0.500. The number of rotatable bonds is 8. The van der Waals surface area contributed by atoms with Crippen molar-refractivity contribution in [2.45, 2.75) is 46.7 Å². The number of methoxy groups -OCH3 is 1. The van der Waals surface area contributed by atoms with Crippen LogP contribution in [0.15, 0.2) is 27.7 Å². The fourth-order valence-electron chi connectivity index (χ4n) is 2.46. The van der Waals surface area contributed by atoms with E-state index in [9.17, 15) is 0 Å². The quantitative estimate of drug-likeness (QED) is 0.565. The summed E-state index contributed by atoms with van der Waals surface area (Å²) in [5, 5.41) is 10.7. The third-order valence-corrected chi connectivity index (χ3v) is 3.77. The van der Waals surface area contributed by atoms with Gasteiger partial charge >= 0.3 is 0 Å². The summed E-state index contributed by atoms with van der Waals surface area (Å²) in [6.07, 6.45) is 1.65. The van der Waals surface area contributed by atoms with E-state index >= 15 is 0 Å². The maximum absolute atomic E-state index is 5.40. The Morgan fingerprint density at radius 3 is 2.72 bits per heavy atom. The van der Waals surface area contributed by atoms with Gasteiger partial charge in [-0.25, -0.2) is 9.98 Å². The Morgan fingerprint density at radius 1 is 1.20 bits per heavy atom. The van der Waals surface area contributed by atoms with Crippen molar-refractivity contribution < 1.29 is 9.26 Å². The number of aliphatic imine (C=N–C) groups is 1. The molecule has 2 heterocycles. The molecule has 7 nitrogen and oxygen atoms in total. The molecule has 0 atom stereocenters.